The topological polar surface area (TPSA) is 24.7 Å². The maximum Gasteiger partial charge on any atom is 0.132 e. The fourth-order valence-electron chi connectivity index (χ4n) is 6.06. The maximum absolute atomic E-state index is 4.70. The average molecular weight is 684 g/mol. The van der Waals surface area contributed by atoms with E-state index in [2.05, 4.69) is 23.8 Å². The maximum atomic E-state index is 4.70. The Kier molecular flexibility index (Phi) is 30.8. The number of para-hydroxylation sites is 2. The van der Waals surface area contributed by atoms with E-state index in [1.165, 1.54) is 167 Å². The third kappa shape index (κ3) is 27.5. The summed E-state index contributed by atoms with van der Waals surface area (Å²) in [6.45, 7) is 2.30. The minimum absolute atomic E-state index is 0. The second-order valence-electron chi connectivity index (χ2n) is 13.3. The van der Waals surface area contributed by atoms with Crippen LogP contribution in [0.1, 0.15) is 180 Å². The Morgan fingerprint density at radius 2 is 0.809 bits per heavy atom. The van der Waals surface area contributed by atoms with Crippen LogP contribution in [0.4, 0.5) is 11.4 Å². The van der Waals surface area contributed by atoms with Gasteiger partial charge in [0.25, 0.3) is 0 Å². The third-order valence-electron chi connectivity index (χ3n) is 8.97. The summed E-state index contributed by atoms with van der Waals surface area (Å²) in [4.78, 5) is 9.26. The molecule has 0 spiro atoms. The van der Waals surface area contributed by atoms with Crippen molar-refractivity contribution in [3.63, 3.8) is 0 Å². The van der Waals surface area contributed by atoms with Crippen LogP contribution in [0.5, 0.6) is 0 Å². The molecule has 3 heteroatoms. The molecule has 264 valence electrons. The second kappa shape index (κ2) is 33.7. The summed E-state index contributed by atoms with van der Waals surface area (Å²) in [5, 5.41) is 0. The van der Waals surface area contributed by atoms with Gasteiger partial charge in [-0.15, -0.1) is 0 Å². The van der Waals surface area contributed by atoms with Crippen LogP contribution in [0.15, 0.2) is 70.6 Å². The molecule has 0 aliphatic rings. The molecule has 0 saturated heterocycles. The van der Waals surface area contributed by atoms with Gasteiger partial charge in [0.1, 0.15) is 5.71 Å². The predicted molar refractivity (Wildman–Crippen MR) is 206 cm³/mol. The summed E-state index contributed by atoms with van der Waals surface area (Å²) in [7, 11) is 0. The molecule has 0 aliphatic carbocycles. The fraction of sp³-hybridized carbons (Fsp3) is 0.636. The van der Waals surface area contributed by atoms with Gasteiger partial charge in [-0.25, -0.2) is 4.99 Å². The van der Waals surface area contributed by atoms with Gasteiger partial charge in [0.05, 0.1) is 17.6 Å². The molecule has 47 heavy (non-hydrogen) atoms. The molecule has 0 heterocycles. The Hall–Kier alpha value is -2.17. The molecule has 0 radical (unpaired) electrons. The van der Waals surface area contributed by atoms with Gasteiger partial charge in [-0.3, -0.25) is 4.99 Å². The number of rotatable bonds is 29. The molecule has 0 saturated carbocycles. The van der Waals surface area contributed by atoms with Crippen LogP contribution in [0, 0.1) is 11.8 Å². The van der Waals surface area contributed by atoms with Crippen LogP contribution in [-0.2, 0) is 16.5 Å². The van der Waals surface area contributed by atoms with Crippen molar-refractivity contribution in [1.29, 1.82) is 0 Å². The van der Waals surface area contributed by atoms with Crippen molar-refractivity contribution >= 4 is 23.3 Å². The Balaban J connectivity index is 0.0000110. The molecule has 2 rings (SSSR count). The van der Waals surface area contributed by atoms with Crippen LogP contribution in [0.25, 0.3) is 0 Å². The van der Waals surface area contributed by atoms with E-state index < -0.39 is 0 Å². The van der Waals surface area contributed by atoms with E-state index in [1.807, 2.05) is 60.7 Å². The first kappa shape index (κ1) is 42.9. The van der Waals surface area contributed by atoms with Crippen molar-refractivity contribution in [3.05, 3.63) is 60.7 Å². The van der Waals surface area contributed by atoms with Crippen molar-refractivity contribution in [1.82, 2.24) is 0 Å². The molecule has 0 atom stereocenters. The van der Waals surface area contributed by atoms with Gasteiger partial charge in [-0.05, 0) is 36.6 Å². The van der Waals surface area contributed by atoms with Crippen molar-refractivity contribution in [2.24, 2.45) is 9.98 Å². The molecule has 0 N–H and O–H groups in total. The Labute approximate surface area is 301 Å². The van der Waals surface area contributed by atoms with Gasteiger partial charge in [-0.1, -0.05) is 210 Å². The zero-order valence-electron chi connectivity index (χ0n) is 30.2. The molecule has 2 nitrogen and oxygen atoms in total. The van der Waals surface area contributed by atoms with Crippen molar-refractivity contribution < 1.29 is 16.5 Å². The molecular formula is C44H68N2Ni. The van der Waals surface area contributed by atoms with Crippen LogP contribution in [-0.4, -0.2) is 11.9 Å². The minimum Gasteiger partial charge on any atom is -0.254 e. The van der Waals surface area contributed by atoms with E-state index in [0.717, 1.165) is 17.8 Å². The summed E-state index contributed by atoms with van der Waals surface area (Å²) in [5.41, 5.74) is 2.54. The average Bonchev–Trinajstić information content (AvgIpc) is 3.09. The number of aliphatic imine (C=N–C) groups is 2. The molecule has 0 amide bonds. The van der Waals surface area contributed by atoms with Gasteiger partial charge < -0.3 is 0 Å². The number of hydrogen-bond donors (Lipinski definition) is 0. The van der Waals surface area contributed by atoms with Crippen molar-refractivity contribution in [3.8, 4) is 11.8 Å². The summed E-state index contributed by atoms with van der Waals surface area (Å²) in [5.74, 6) is 6.60. The van der Waals surface area contributed by atoms with Gasteiger partial charge in [-0.2, -0.15) is 0 Å². The van der Waals surface area contributed by atoms with E-state index in [-0.39, 0.29) is 16.5 Å². The molecule has 0 aliphatic heterocycles. The van der Waals surface area contributed by atoms with Crippen LogP contribution in [0.2, 0.25) is 0 Å². The molecule has 0 aromatic heterocycles. The molecular weight excluding hydrogens is 615 g/mol. The van der Waals surface area contributed by atoms with Gasteiger partial charge >= 0.3 is 0 Å². The normalized spacial score (nSPS) is 11.4. The largest absolute Gasteiger partial charge is 0.254 e. The van der Waals surface area contributed by atoms with E-state index >= 15 is 0 Å². The summed E-state index contributed by atoms with van der Waals surface area (Å²) < 4.78 is 0. The van der Waals surface area contributed by atoms with Crippen molar-refractivity contribution in [2.45, 2.75) is 180 Å². The van der Waals surface area contributed by atoms with Gasteiger partial charge in [0.15, 0.2) is 0 Å². The van der Waals surface area contributed by atoms with Gasteiger partial charge in [0, 0.05) is 22.9 Å². The molecule has 0 fully saturated rings. The second-order valence-corrected chi connectivity index (χ2v) is 13.3. The number of unbranched alkanes of at least 4 members (excludes halogenated alkanes) is 26. The third-order valence-corrected chi connectivity index (χ3v) is 8.97. The molecule has 2 aromatic rings. The van der Waals surface area contributed by atoms with E-state index in [4.69, 9.17) is 4.99 Å². The minimum atomic E-state index is 0. The first-order valence-electron chi connectivity index (χ1n) is 19.6. The zero-order valence-corrected chi connectivity index (χ0v) is 31.1. The molecule has 2 aromatic carbocycles. The fourth-order valence-corrected chi connectivity index (χ4v) is 6.06. The summed E-state index contributed by atoms with van der Waals surface area (Å²) >= 11 is 0. The van der Waals surface area contributed by atoms with Crippen LogP contribution < -0.4 is 0 Å². The monoisotopic (exact) mass is 682 g/mol. The van der Waals surface area contributed by atoms with E-state index in [9.17, 15) is 0 Å². The SMILES string of the molecule is CCCCCCCCCCCCCCCCCCCCCCCCCCCCC#CC(/C=N/c1ccccc1)=N\c1ccccc1.[Ni]. The Bertz CT molecular complexity index is 1050. The van der Waals surface area contributed by atoms with E-state index in [0.29, 0.717) is 5.71 Å². The van der Waals surface area contributed by atoms with E-state index in [1.54, 1.807) is 6.21 Å². The number of nitrogens with zero attached hydrogens (tertiary/aromatic N) is 2. The zero-order chi connectivity index (χ0) is 32.4. The predicted octanol–water partition coefficient (Wildman–Crippen LogP) is 14.7. The number of benzene rings is 2. The smallest absolute Gasteiger partial charge is 0.132 e. The first-order valence-corrected chi connectivity index (χ1v) is 19.6. The van der Waals surface area contributed by atoms with Crippen LogP contribution >= 0.6 is 0 Å². The summed E-state index contributed by atoms with van der Waals surface area (Å²) in [6.07, 6.45) is 39.8. The van der Waals surface area contributed by atoms with Crippen LogP contribution in [0.3, 0.4) is 0 Å². The Morgan fingerprint density at radius 3 is 1.19 bits per heavy atom. The Morgan fingerprint density at radius 1 is 0.468 bits per heavy atom. The number of hydrogen-bond acceptors (Lipinski definition) is 2. The summed E-state index contributed by atoms with van der Waals surface area (Å²) in [6, 6.07) is 20.0. The first-order chi connectivity index (χ1) is 22.9. The molecule has 0 bridgehead atoms. The van der Waals surface area contributed by atoms with Gasteiger partial charge in [0.2, 0.25) is 0 Å². The van der Waals surface area contributed by atoms with Crippen molar-refractivity contribution in [2.75, 3.05) is 0 Å². The standard InChI is InChI=1S/C44H68N2.Ni/c1-2-3-4-5-6-7-8-9-10-11-12-13-14-15-16-17-18-19-20-21-22-23-24-25-26-27-28-31-40-44(46-43-38-34-30-35-39-43)41-45-42-36-32-29-33-37-42;/h29-30,32-39,41H,2-28H2,1H3;/b45-41+,46-44+;. The molecule has 0 unspecified atom stereocenters. The quantitative estimate of drug-likeness (QED) is 0.0353.